The van der Waals surface area contributed by atoms with Gasteiger partial charge < -0.3 is 5.11 Å². The average molecular weight is 260 g/mol. The molecule has 1 aromatic rings. The van der Waals surface area contributed by atoms with Gasteiger partial charge in [0.25, 0.3) is 0 Å². The quantitative estimate of drug-likeness (QED) is 0.665. The molecule has 0 amide bonds. The molecule has 5 nitrogen and oxygen atoms in total. The first-order chi connectivity index (χ1) is 6.52. The molecule has 0 radical (unpaired) electrons. The molecule has 0 unspecified atom stereocenters. The molecule has 6 heteroatoms. The molecule has 0 bridgehead atoms. The van der Waals surface area contributed by atoms with Gasteiger partial charge in [0, 0.05) is 15.0 Å². The van der Waals surface area contributed by atoms with Gasteiger partial charge in [0.15, 0.2) is 0 Å². The first kappa shape index (κ1) is 10.6. The van der Waals surface area contributed by atoms with Crippen molar-refractivity contribution in [1.82, 2.24) is 0 Å². The van der Waals surface area contributed by atoms with E-state index in [1.807, 2.05) is 0 Å². The summed E-state index contributed by atoms with van der Waals surface area (Å²) < 4.78 is 0.268. The third-order valence-corrected chi connectivity index (χ3v) is 2.55. The molecular weight excluding hydrogens is 254 g/mol. The molecule has 1 N–H and O–H groups in total. The summed E-state index contributed by atoms with van der Waals surface area (Å²) in [6, 6.07) is 4.38. The summed E-state index contributed by atoms with van der Waals surface area (Å²) >= 11 is 3.03. The van der Waals surface area contributed by atoms with E-state index in [4.69, 9.17) is 5.11 Å². The van der Waals surface area contributed by atoms with E-state index in [-0.39, 0.29) is 16.6 Å². The molecule has 0 saturated carbocycles. The maximum absolute atomic E-state index is 10.7. The van der Waals surface area contributed by atoms with E-state index in [9.17, 15) is 14.9 Å². The van der Waals surface area contributed by atoms with Crippen LogP contribution in [0.4, 0.5) is 0 Å². The summed E-state index contributed by atoms with van der Waals surface area (Å²) in [6.45, 7) is -0.387. The Bertz CT molecular complexity index is 391. The number of nitrogens with zero attached hydrogens (tertiary/aromatic N) is 1. The minimum Gasteiger partial charge on any atom is -0.478 e. The Kier molecular flexibility index (Phi) is 3.19. The Labute approximate surface area is 87.6 Å². The predicted molar refractivity (Wildman–Crippen MR) is 51.8 cm³/mol. The molecular formula is C8H6BrNO4. The monoisotopic (exact) mass is 259 g/mol. The number of halogens is 1. The largest absolute Gasteiger partial charge is 0.478 e. The average Bonchev–Trinajstić information content (AvgIpc) is 2.07. The highest BCUT2D eigenvalue weighted by Gasteiger charge is 2.14. The van der Waals surface area contributed by atoms with Gasteiger partial charge in [-0.3, -0.25) is 10.1 Å². The molecule has 0 aliphatic rings. The van der Waals surface area contributed by atoms with Crippen molar-refractivity contribution in [2.45, 2.75) is 6.54 Å². The Morgan fingerprint density at radius 3 is 2.71 bits per heavy atom. The van der Waals surface area contributed by atoms with Crippen molar-refractivity contribution in [1.29, 1.82) is 0 Å². The number of benzene rings is 1. The molecule has 0 heterocycles. The van der Waals surface area contributed by atoms with Crippen LogP contribution in [0.15, 0.2) is 22.7 Å². The first-order valence-corrected chi connectivity index (χ1v) is 4.44. The van der Waals surface area contributed by atoms with Gasteiger partial charge in [-0.2, -0.15) is 0 Å². The molecule has 74 valence electrons. The van der Waals surface area contributed by atoms with Crippen LogP contribution >= 0.6 is 15.9 Å². The first-order valence-electron chi connectivity index (χ1n) is 3.65. The molecule has 0 aliphatic carbocycles. The number of carboxylic acid groups (broad SMARTS) is 1. The van der Waals surface area contributed by atoms with Crippen LogP contribution in [0, 0.1) is 10.1 Å². The van der Waals surface area contributed by atoms with E-state index in [1.165, 1.54) is 18.2 Å². The summed E-state index contributed by atoms with van der Waals surface area (Å²) in [7, 11) is 0. The lowest BCUT2D eigenvalue weighted by molar-refractivity contribution is -0.497. The summed E-state index contributed by atoms with van der Waals surface area (Å²) in [5.74, 6) is -1.11. The number of rotatable bonds is 3. The molecule has 0 aliphatic heterocycles. The fourth-order valence-corrected chi connectivity index (χ4v) is 1.57. The van der Waals surface area contributed by atoms with Crippen LogP contribution in [0.25, 0.3) is 0 Å². The van der Waals surface area contributed by atoms with Crippen molar-refractivity contribution in [3.8, 4) is 0 Å². The third-order valence-electron chi connectivity index (χ3n) is 1.61. The molecule has 0 spiro atoms. The second kappa shape index (κ2) is 4.19. The number of carbonyl (C=O) groups is 1. The van der Waals surface area contributed by atoms with Crippen LogP contribution in [0.2, 0.25) is 0 Å². The van der Waals surface area contributed by atoms with Crippen LogP contribution in [-0.2, 0) is 6.54 Å². The van der Waals surface area contributed by atoms with Crippen LogP contribution in [0.5, 0.6) is 0 Å². The van der Waals surface area contributed by atoms with Crippen LogP contribution in [0.1, 0.15) is 15.9 Å². The Morgan fingerprint density at radius 2 is 2.21 bits per heavy atom. The van der Waals surface area contributed by atoms with Gasteiger partial charge in [0.1, 0.15) is 0 Å². The SMILES string of the molecule is O=C(O)c1cccc(C[N+](=O)[O-])c1Br. The van der Waals surface area contributed by atoms with Crippen molar-refractivity contribution in [2.24, 2.45) is 0 Å². The Morgan fingerprint density at radius 1 is 1.57 bits per heavy atom. The minimum absolute atomic E-state index is 0.0318. The summed E-state index contributed by atoms with van der Waals surface area (Å²) in [4.78, 5) is 20.4. The smallest absolute Gasteiger partial charge is 0.336 e. The van der Waals surface area contributed by atoms with E-state index in [2.05, 4.69) is 15.9 Å². The van der Waals surface area contributed by atoms with Gasteiger partial charge in [-0.15, -0.1) is 0 Å². The molecule has 14 heavy (non-hydrogen) atoms. The predicted octanol–water partition coefficient (Wildman–Crippen LogP) is 1.92. The highest BCUT2D eigenvalue weighted by molar-refractivity contribution is 9.10. The Hall–Kier alpha value is -1.43. The van der Waals surface area contributed by atoms with Crippen molar-refractivity contribution >= 4 is 21.9 Å². The lowest BCUT2D eigenvalue weighted by Crippen LogP contribution is -2.04. The third kappa shape index (κ3) is 2.29. The number of aromatic carboxylic acids is 1. The second-order valence-electron chi connectivity index (χ2n) is 2.57. The van der Waals surface area contributed by atoms with E-state index in [0.717, 1.165) is 0 Å². The normalized spacial score (nSPS) is 9.79. The van der Waals surface area contributed by atoms with Crippen molar-refractivity contribution in [3.63, 3.8) is 0 Å². The molecule has 1 rings (SSSR count). The molecule has 0 saturated heterocycles. The van der Waals surface area contributed by atoms with Gasteiger partial charge in [-0.25, -0.2) is 4.79 Å². The molecule has 0 fully saturated rings. The summed E-state index contributed by atoms with van der Waals surface area (Å²) in [5, 5.41) is 19.0. The molecule has 0 aromatic heterocycles. The van der Waals surface area contributed by atoms with Crippen molar-refractivity contribution < 1.29 is 14.8 Å². The van der Waals surface area contributed by atoms with E-state index >= 15 is 0 Å². The lowest BCUT2D eigenvalue weighted by atomic mass is 10.1. The Balaban J connectivity index is 3.13. The fraction of sp³-hybridized carbons (Fsp3) is 0.125. The number of hydrogen-bond acceptors (Lipinski definition) is 3. The van der Waals surface area contributed by atoms with Crippen molar-refractivity contribution in [3.05, 3.63) is 43.9 Å². The summed E-state index contributed by atoms with van der Waals surface area (Å²) in [6.07, 6.45) is 0. The minimum atomic E-state index is -1.11. The lowest BCUT2D eigenvalue weighted by Gasteiger charge is -2.02. The second-order valence-corrected chi connectivity index (χ2v) is 3.37. The molecule has 0 atom stereocenters. The fourth-order valence-electron chi connectivity index (χ4n) is 1.01. The zero-order valence-electron chi connectivity index (χ0n) is 6.94. The van der Waals surface area contributed by atoms with Gasteiger partial charge in [-0.05, 0) is 22.0 Å². The van der Waals surface area contributed by atoms with Crippen LogP contribution < -0.4 is 0 Å². The number of nitro groups is 1. The van der Waals surface area contributed by atoms with Gasteiger partial charge in [0.05, 0.1) is 5.56 Å². The maximum Gasteiger partial charge on any atom is 0.336 e. The number of hydrogen-bond donors (Lipinski definition) is 1. The van der Waals surface area contributed by atoms with Crippen LogP contribution in [0.3, 0.4) is 0 Å². The maximum atomic E-state index is 10.7. The topological polar surface area (TPSA) is 80.4 Å². The van der Waals surface area contributed by atoms with Gasteiger partial charge in [-0.1, -0.05) is 12.1 Å². The number of carboxylic acids is 1. The molecule has 1 aromatic carbocycles. The standard InChI is InChI=1S/C8H6BrNO4/c9-7-5(4-10(13)14)2-1-3-6(7)8(11)12/h1-3H,4H2,(H,11,12). The summed E-state index contributed by atoms with van der Waals surface area (Å²) in [5.41, 5.74) is 0.388. The van der Waals surface area contributed by atoms with Gasteiger partial charge in [0.2, 0.25) is 6.54 Å². The van der Waals surface area contributed by atoms with Crippen molar-refractivity contribution in [2.75, 3.05) is 0 Å². The highest BCUT2D eigenvalue weighted by Crippen LogP contribution is 2.22. The van der Waals surface area contributed by atoms with E-state index in [1.54, 1.807) is 0 Å². The van der Waals surface area contributed by atoms with E-state index < -0.39 is 10.9 Å². The van der Waals surface area contributed by atoms with Crippen LogP contribution in [-0.4, -0.2) is 16.0 Å². The zero-order valence-corrected chi connectivity index (χ0v) is 8.52. The zero-order chi connectivity index (χ0) is 10.7. The van der Waals surface area contributed by atoms with Gasteiger partial charge >= 0.3 is 5.97 Å². The highest BCUT2D eigenvalue weighted by atomic mass is 79.9. The van der Waals surface area contributed by atoms with E-state index in [0.29, 0.717) is 5.56 Å².